The van der Waals surface area contributed by atoms with Crippen LogP contribution in [0.3, 0.4) is 0 Å². The van der Waals surface area contributed by atoms with E-state index >= 15 is 0 Å². The van der Waals surface area contributed by atoms with Crippen LogP contribution in [0, 0.1) is 0 Å². The summed E-state index contributed by atoms with van der Waals surface area (Å²) in [5, 5.41) is 12.7. The van der Waals surface area contributed by atoms with E-state index in [9.17, 15) is 5.11 Å². The Labute approximate surface area is 103 Å². The lowest BCUT2D eigenvalue weighted by atomic mass is 9.82. The molecule has 1 rings (SSSR count). The summed E-state index contributed by atoms with van der Waals surface area (Å²) in [6, 6.07) is 5.64. The first-order valence-electron chi connectivity index (χ1n) is 5.59. The second kappa shape index (κ2) is 5.89. The molecule has 0 aliphatic rings. The summed E-state index contributed by atoms with van der Waals surface area (Å²) >= 11 is 0. The normalized spacial score (nSPS) is 14.2. The number of hydrogen-bond donors (Lipinski definition) is 2. The fourth-order valence-electron chi connectivity index (χ4n) is 1.92. The summed E-state index contributed by atoms with van der Waals surface area (Å²) in [5.74, 6) is 1.48. The Bertz CT molecular complexity index is 368. The lowest BCUT2D eigenvalue weighted by Crippen LogP contribution is -2.37. The van der Waals surface area contributed by atoms with Crippen molar-refractivity contribution in [1.29, 1.82) is 0 Å². The molecule has 0 aliphatic heterocycles. The van der Waals surface area contributed by atoms with Gasteiger partial charge in [-0.25, -0.2) is 0 Å². The monoisotopic (exact) mass is 239 g/mol. The maximum Gasteiger partial charge on any atom is 0.126 e. The number of benzene rings is 1. The molecule has 2 N–H and O–H groups in total. The van der Waals surface area contributed by atoms with Gasteiger partial charge in [0.1, 0.15) is 11.5 Å². The van der Waals surface area contributed by atoms with Crippen molar-refractivity contribution in [2.75, 3.05) is 34.4 Å². The van der Waals surface area contributed by atoms with Crippen LogP contribution in [-0.4, -0.2) is 39.5 Å². The standard InChI is InChI=1S/C13H21NO3/c1-13(9-15,8-14-2)11-6-5-10(16-3)7-12(11)17-4/h5-7,14-15H,8-9H2,1-4H3. The Morgan fingerprint density at radius 3 is 2.47 bits per heavy atom. The Kier molecular flexibility index (Phi) is 4.78. The van der Waals surface area contributed by atoms with Crippen LogP contribution in [0.2, 0.25) is 0 Å². The predicted molar refractivity (Wildman–Crippen MR) is 67.9 cm³/mol. The van der Waals surface area contributed by atoms with E-state index in [1.54, 1.807) is 14.2 Å². The van der Waals surface area contributed by atoms with Crippen molar-refractivity contribution in [3.05, 3.63) is 23.8 Å². The zero-order valence-corrected chi connectivity index (χ0v) is 10.9. The van der Waals surface area contributed by atoms with E-state index < -0.39 is 0 Å². The summed E-state index contributed by atoms with van der Waals surface area (Å²) in [7, 11) is 5.10. The van der Waals surface area contributed by atoms with Gasteiger partial charge >= 0.3 is 0 Å². The molecule has 0 fully saturated rings. The summed E-state index contributed by atoms with van der Waals surface area (Å²) in [4.78, 5) is 0. The number of ether oxygens (including phenoxy) is 2. The molecule has 4 nitrogen and oxygen atoms in total. The number of nitrogens with one attached hydrogen (secondary N) is 1. The van der Waals surface area contributed by atoms with Crippen LogP contribution < -0.4 is 14.8 Å². The Hall–Kier alpha value is -1.26. The van der Waals surface area contributed by atoms with Crippen LogP contribution in [0.25, 0.3) is 0 Å². The highest BCUT2D eigenvalue weighted by atomic mass is 16.5. The van der Waals surface area contributed by atoms with Crippen LogP contribution in [0.5, 0.6) is 11.5 Å². The molecule has 0 radical (unpaired) electrons. The van der Waals surface area contributed by atoms with Crippen LogP contribution in [0.15, 0.2) is 18.2 Å². The van der Waals surface area contributed by atoms with Gasteiger partial charge in [0.05, 0.1) is 20.8 Å². The molecule has 0 aromatic heterocycles. The van der Waals surface area contributed by atoms with E-state index in [-0.39, 0.29) is 12.0 Å². The minimum Gasteiger partial charge on any atom is -0.497 e. The Morgan fingerprint density at radius 1 is 1.29 bits per heavy atom. The summed E-state index contributed by atoms with van der Waals surface area (Å²) in [5.41, 5.74) is 0.601. The van der Waals surface area contributed by atoms with E-state index in [2.05, 4.69) is 5.32 Å². The molecular weight excluding hydrogens is 218 g/mol. The molecule has 0 saturated carbocycles. The van der Waals surface area contributed by atoms with Gasteiger partial charge in [0.15, 0.2) is 0 Å². The highest BCUT2D eigenvalue weighted by Gasteiger charge is 2.28. The number of rotatable bonds is 6. The average Bonchev–Trinajstić information content (AvgIpc) is 2.38. The highest BCUT2D eigenvalue weighted by Crippen LogP contribution is 2.34. The molecule has 0 heterocycles. The van der Waals surface area contributed by atoms with Crippen LogP contribution in [0.1, 0.15) is 12.5 Å². The fraction of sp³-hybridized carbons (Fsp3) is 0.538. The van der Waals surface area contributed by atoms with E-state index in [0.29, 0.717) is 6.54 Å². The van der Waals surface area contributed by atoms with Gasteiger partial charge in [-0.2, -0.15) is 0 Å². The maximum atomic E-state index is 9.59. The van der Waals surface area contributed by atoms with Crippen molar-refractivity contribution in [2.45, 2.75) is 12.3 Å². The Morgan fingerprint density at radius 2 is 2.00 bits per heavy atom. The number of aliphatic hydroxyl groups is 1. The molecule has 4 heteroatoms. The molecule has 96 valence electrons. The molecule has 1 aromatic carbocycles. The van der Waals surface area contributed by atoms with Gasteiger partial charge in [-0.1, -0.05) is 13.0 Å². The third kappa shape index (κ3) is 2.90. The second-order valence-electron chi connectivity index (χ2n) is 4.32. The largest absolute Gasteiger partial charge is 0.497 e. The summed E-state index contributed by atoms with van der Waals surface area (Å²) in [6.07, 6.45) is 0. The van der Waals surface area contributed by atoms with Gasteiger partial charge in [0.2, 0.25) is 0 Å². The van der Waals surface area contributed by atoms with Gasteiger partial charge in [-0.05, 0) is 13.1 Å². The molecule has 0 saturated heterocycles. The molecule has 1 unspecified atom stereocenters. The maximum absolute atomic E-state index is 9.59. The van der Waals surface area contributed by atoms with Crippen LogP contribution >= 0.6 is 0 Å². The second-order valence-corrected chi connectivity index (χ2v) is 4.32. The van der Waals surface area contributed by atoms with Gasteiger partial charge in [0, 0.05) is 23.6 Å². The minimum atomic E-state index is -0.369. The quantitative estimate of drug-likeness (QED) is 0.782. The molecule has 0 amide bonds. The van der Waals surface area contributed by atoms with Crippen LogP contribution in [0.4, 0.5) is 0 Å². The zero-order chi connectivity index (χ0) is 12.9. The van der Waals surface area contributed by atoms with Crippen molar-refractivity contribution in [2.24, 2.45) is 0 Å². The predicted octanol–water partition coefficient (Wildman–Crippen LogP) is 1.17. The topological polar surface area (TPSA) is 50.7 Å². The molecular formula is C13H21NO3. The van der Waals surface area contributed by atoms with Crippen molar-refractivity contribution < 1.29 is 14.6 Å². The van der Waals surface area contributed by atoms with Crippen LogP contribution in [-0.2, 0) is 5.41 Å². The summed E-state index contributed by atoms with van der Waals surface area (Å²) in [6.45, 7) is 2.72. The first kappa shape index (κ1) is 13.8. The fourth-order valence-corrected chi connectivity index (χ4v) is 1.92. The number of aliphatic hydroxyl groups excluding tert-OH is 1. The van der Waals surface area contributed by atoms with Gasteiger partial charge in [-0.3, -0.25) is 0 Å². The molecule has 17 heavy (non-hydrogen) atoms. The van der Waals surface area contributed by atoms with Gasteiger partial charge < -0.3 is 19.9 Å². The van der Waals surface area contributed by atoms with E-state index in [1.807, 2.05) is 32.2 Å². The molecule has 1 atom stereocenters. The van der Waals surface area contributed by atoms with E-state index in [4.69, 9.17) is 9.47 Å². The molecule has 0 bridgehead atoms. The van der Waals surface area contributed by atoms with Crippen molar-refractivity contribution in [3.8, 4) is 11.5 Å². The molecule has 1 aromatic rings. The average molecular weight is 239 g/mol. The lowest BCUT2D eigenvalue weighted by Gasteiger charge is -2.29. The zero-order valence-electron chi connectivity index (χ0n) is 10.9. The van der Waals surface area contributed by atoms with E-state index in [1.165, 1.54) is 0 Å². The van der Waals surface area contributed by atoms with Crippen molar-refractivity contribution in [3.63, 3.8) is 0 Å². The Balaban J connectivity index is 3.19. The first-order valence-corrected chi connectivity index (χ1v) is 5.59. The third-order valence-electron chi connectivity index (χ3n) is 2.97. The van der Waals surface area contributed by atoms with Gasteiger partial charge in [0.25, 0.3) is 0 Å². The molecule has 0 spiro atoms. The lowest BCUT2D eigenvalue weighted by molar-refractivity contribution is 0.200. The van der Waals surface area contributed by atoms with Crippen molar-refractivity contribution in [1.82, 2.24) is 5.32 Å². The SMILES string of the molecule is CNCC(C)(CO)c1ccc(OC)cc1OC. The highest BCUT2D eigenvalue weighted by molar-refractivity contribution is 5.45. The van der Waals surface area contributed by atoms with Crippen molar-refractivity contribution >= 4 is 0 Å². The first-order chi connectivity index (χ1) is 8.11. The van der Waals surface area contributed by atoms with E-state index in [0.717, 1.165) is 17.1 Å². The number of hydrogen-bond acceptors (Lipinski definition) is 4. The smallest absolute Gasteiger partial charge is 0.126 e. The third-order valence-corrected chi connectivity index (χ3v) is 2.97. The number of methoxy groups -OCH3 is 2. The number of likely N-dealkylation sites (N-methyl/N-ethyl adjacent to an activating group) is 1. The molecule has 0 aliphatic carbocycles. The summed E-state index contributed by atoms with van der Waals surface area (Å²) < 4.78 is 10.5. The minimum absolute atomic E-state index is 0.0521. The van der Waals surface area contributed by atoms with Gasteiger partial charge in [-0.15, -0.1) is 0 Å².